The number of hydrogen-bond donors (Lipinski definition) is 2. The van der Waals surface area contributed by atoms with Gasteiger partial charge in [0, 0.05) is 37.6 Å². The molecule has 6 nitrogen and oxygen atoms in total. The molecule has 0 saturated carbocycles. The van der Waals surface area contributed by atoms with Gasteiger partial charge in [-0.3, -0.25) is 4.90 Å². The lowest BCUT2D eigenvalue weighted by Crippen LogP contribution is -2.39. The van der Waals surface area contributed by atoms with Crippen LogP contribution < -0.4 is 15.5 Å². The molecule has 2 aliphatic rings. The Morgan fingerprint density at radius 3 is 2.88 bits per heavy atom. The van der Waals surface area contributed by atoms with Crippen molar-refractivity contribution in [3.05, 3.63) is 23.8 Å². The summed E-state index contributed by atoms with van der Waals surface area (Å²) in [5, 5.41) is 5.82. The van der Waals surface area contributed by atoms with Gasteiger partial charge < -0.3 is 15.5 Å². The molecule has 7 heteroatoms. The zero-order chi connectivity index (χ0) is 16.9. The number of carbonyl (C=O) groups is 2. The molecule has 2 N–H and O–H groups in total. The highest BCUT2D eigenvalue weighted by atomic mass is 32.2. The first-order chi connectivity index (χ1) is 11.7. The van der Waals surface area contributed by atoms with Crippen LogP contribution in [0.5, 0.6) is 0 Å². The Balaban J connectivity index is 1.70. The van der Waals surface area contributed by atoms with Crippen molar-refractivity contribution in [2.24, 2.45) is 0 Å². The first kappa shape index (κ1) is 17.0. The van der Waals surface area contributed by atoms with Gasteiger partial charge in [-0.15, -0.1) is 0 Å². The van der Waals surface area contributed by atoms with E-state index >= 15 is 0 Å². The highest BCUT2D eigenvalue weighted by Gasteiger charge is 2.25. The SMILES string of the molecule is CCNC(=O)N1CCc2ccc(NC(=O)N3CCCSCC3)cc21. The number of anilines is 2. The summed E-state index contributed by atoms with van der Waals surface area (Å²) in [6, 6.07) is 5.69. The summed E-state index contributed by atoms with van der Waals surface area (Å²) in [5.41, 5.74) is 2.78. The third kappa shape index (κ3) is 3.77. The third-order valence-corrected chi connectivity index (χ3v) is 5.36. The van der Waals surface area contributed by atoms with E-state index < -0.39 is 0 Å². The van der Waals surface area contributed by atoms with Crippen molar-refractivity contribution < 1.29 is 9.59 Å². The summed E-state index contributed by atoms with van der Waals surface area (Å²) in [5.74, 6) is 2.10. The number of amides is 4. The molecule has 130 valence electrons. The Labute approximate surface area is 146 Å². The Morgan fingerprint density at radius 1 is 1.17 bits per heavy atom. The van der Waals surface area contributed by atoms with E-state index in [9.17, 15) is 9.59 Å². The molecule has 1 saturated heterocycles. The maximum atomic E-state index is 12.5. The van der Waals surface area contributed by atoms with Gasteiger partial charge in [-0.1, -0.05) is 6.07 Å². The van der Waals surface area contributed by atoms with E-state index in [0.29, 0.717) is 13.1 Å². The van der Waals surface area contributed by atoms with Gasteiger partial charge in [0.25, 0.3) is 0 Å². The molecule has 0 aromatic heterocycles. The summed E-state index contributed by atoms with van der Waals surface area (Å²) in [6.45, 7) is 4.78. The summed E-state index contributed by atoms with van der Waals surface area (Å²) in [4.78, 5) is 28.2. The van der Waals surface area contributed by atoms with Gasteiger partial charge in [0.05, 0.1) is 5.69 Å². The van der Waals surface area contributed by atoms with Gasteiger partial charge >= 0.3 is 12.1 Å². The molecule has 1 aromatic rings. The van der Waals surface area contributed by atoms with Crippen molar-refractivity contribution in [1.82, 2.24) is 10.2 Å². The predicted octanol–water partition coefficient (Wildman–Crippen LogP) is 2.75. The quantitative estimate of drug-likeness (QED) is 0.864. The lowest BCUT2D eigenvalue weighted by Gasteiger charge is -2.21. The van der Waals surface area contributed by atoms with E-state index in [1.165, 1.54) is 0 Å². The molecule has 0 unspecified atom stereocenters. The number of hydrogen-bond acceptors (Lipinski definition) is 3. The Kier molecular flexibility index (Phi) is 5.50. The summed E-state index contributed by atoms with van der Waals surface area (Å²) >= 11 is 1.89. The Bertz CT molecular complexity index is 615. The number of urea groups is 2. The third-order valence-electron chi connectivity index (χ3n) is 4.31. The Hall–Kier alpha value is -1.89. The lowest BCUT2D eigenvalue weighted by atomic mass is 10.1. The second-order valence-corrected chi connectivity index (χ2v) is 7.19. The van der Waals surface area contributed by atoms with Gasteiger partial charge in [0.1, 0.15) is 0 Å². The molecule has 3 rings (SSSR count). The van der Waals surface area contributed by atoms with Crippen LogP contribution in [0.15, 0.2) is 18.2 Å². The minimum absolute atomic E-state index is 0.0555. The molecular formula is C17H24N4O2S. The largest absolute Gasteiger partial charge is 0.338 e. The summed E-state index contributed by atoms with van der Waals surface area (Å²) in [7, 11) is 0. The van der Waals surface area contributed by atoms with E-state index in [4.69, 9.17) is 0 Å². The van der Waals surface area contributed by atoms with Gasteiger partial charge in [-0.25, -0.2) is 9.59 Å². The van der Waals surface area contributed by atoms with Crippen LogP contribution in [0.1, 0.15) is 18.9 Å². The van der Waals surface area contributed by atoms with Crippen LogP contribution in [0.25, 0.3) is 0 Å². The van der Waals surface area contributed by atoms with Crippen molar-refractivity contribution in [3.63, 3.8) is 0 Å². The van der Waals surface area contributed by atoms with Crippen LogP contribution in [-0.2, 0) is 6.42 Å². The van der Waals surface area contributed by atoms with Crippen LogP contribution in [0.2, 0.25) is 0 Å². The van der Waals surface area contributed by atoms with Crippen LogP contribution in [0.3, 0.4) is 0 Å². The first-order valence-electron chi connectivity index (χ1n) is 8.51. The second-order valence-electron chi connectivity index (χ2n) is 5.96. The summed E-state index contributed by atoms with van der Waals surface area (Å²) in [6.07, 6.45) is 1.89. The number of nitrogens with zero attached hydrogens (tertiary/aromatic N) is 2. The van der Waals surface area contributed by atoms with Gasteiger partial charge in [-0.2, -0.15) is 11.8 Å². The molecule has 1 fully saturated rings. The van der Waals surface area contributed by atoms with Gasteiger partial charge in [0.2, 0.25) is 0 Å². The normalized spacial score (nSPS) is 17.2. The number of nitrogens with one attached hydrogen (secondary N) is 2. The number of benzene rings is 1. The maximum absolute atomic E-state index is 12.5. The number of carbonyl (C=O) groups excluding carboxylic acids is 2. The van der Waals surface area contributed by atoms with Gasteiger partial charge in [0.15, 0.2) is 0 Å². The monoisotopic (exact) mass is 348 g/mol. The fourth-order valence-corrected chi connectivity index (χ4v) is 3.95. The van der Waals surface area contributed by atoms with Crippen molar-refractivity contribution in [3.8, 4) is 0 Å². The average molecular weight is 348 g/mol. The molecule has 0 radical (unpaired) electrons. The topological polar surface area (TPSA) is 64.7 Å². The van der Waals surface area contributed by atoms with E-state index in [1.807, 2.05) is 41.8 Å². The molecule has 24 heavy (non-hydrogen) atoms. The zero-order valence-corrected chi connectivity index (χ0v) is 14.8. The van der Waals surface area contributed by atoms with E-state index in [2.05, 4.69) is 10.6 Å². The second kappa shape index (κ2) is 7.79. The van der Waals surface area contributed by atoms with Gasteiger partial charge in [-0.05, 0) is 43.2 Å². The molecule has 0 atom stereocenters. The summed E-state index contributed by atoms with van der Waals surface area (Å²) < 4.78 is 0. The highest BCUT2D eigenvalue weighted by molar-refractivity contribution is 7.99. The first-order valence-corrected chi connectivity index (χ1v) is 9.66. The molecule has 0 aliphatic carbocycles. The molecular weight excluding hydrogens is 324 g/mol. The van der Waals surface area contributed by atoms with Crippen LogP contribution in [0, 0.1) is 0 Å². The minimum Gasteiger partial charge on any atom is -0.338 e. The number of rotatable bonds is 2. The van der Waals surface area contributed by atoms with Crippen molar-refractivity contribution in [2.75, 3.05) is 47.9 Å². The fourth-order valence-electron chi connectivity index (χ4n) is 3.07. The van der Waals surface area contributed by atoms with Crippen molar-refractivity contribution in [1.29, 1.82) is 0 Å². The van der Waals surface area contributed by atoms with Crippen LogP contribution in [0.4, 0.5) is 21.0 Å². The molecule has 4 amide bonds. The minimum atomic E-state index is -0.0794. The van der Waals surface area contributed by atoms with E-state index in [1.54, 1.807) is 4.90 Å². The fraction of sp³-hybridized carbons (Fsp3) is 0.529. The molecule has 0 bridgehead atoms. The Morgan fingerprint density at radius 2 is 2.04 bits per heavy atom. The van der Waals surface area contributed by atoms with Crippen LogP contribution >= 0.6 is 11.8 Å². The van der Waals surface area contributed by atoms with E-state index in [0.717, 1.165) is 54.4 Å². The predicted molar refractivity (Wildman–Crippen MR) is 99.1 cm³/mol. The van der Waals surface area contributed by atoms with E-state index in [-0.39, 0.29) is 12.1 Å². The highest BCUT2D eigenvalue weighted by Crippen LogP contribution is 2.31. The smallest absolute Gasteiger partial charge is 0.321 e. The molecule has 0 spiro atoms. The molecule has 2 heterocycles. The maximum Gasteiger partial charge on any atom is 0.321 e. The molecule has 1 aromatic carbocycles. The average Bonchev–Trinajstić information content (AvgIpc) is 2.80. The van der Waals surface area contributed by atoms with Crippen molar-refractivity contribution in [2.45, 2.75) is 19.8 Å². The van der Waals surface area contributed by atoms with Crippen LogP contribution in [-0.4, -0.2) is 54.6 Å². The standard InChI is InChI=1S/C17H24N4O2S/c1-2-18-16(22)21-8-6-13-4-5-14(12-15(13)21)19-17(23)20-7-3-10-24-11-9-20/h4-5,12H,2-3,6-11H2,1H3,(H,18,22)(H,19,23). The zero-order valence-electron chi connectivity index (χ0n) is 14.0. The lowest BCUT2D eigenvalue weighted by molar-refractivity contribution is 0.216. The molecule has 2 aliphatic heterocycles. The number of fused-ring (bicyclic) bond motifs is 1. The number of thioether (sulfide) groups is 1. The van der Waals surface area contributed by atoms with Crippen molar-refractivity contribution >= 4 is 35.2 Å².